The van der Waals surface area contributed by atoms with Crippen LogP contribution in [0.5, 0.6) is 0 Å². The Hall–Kier alpha value is -2.17. The summed E-state index contributed by atoms with van der Waals surface area (Å²) < 4.78 is 0. The molecule has 2 bridgehead atoms. The lowest BCUT2D eigenvalue weighted by molar-refractivity contribution is -0.118. The van der Waals surface area contributed by atoms with E-state index in [4.69, 9.17) is 4.84 Å². The first-order valence-electron chi connectivity index (χ1n) is 8.05. The molecular formula is C19H20N2O2. The molecule has 0 aliphatic carbocycles. The Morgan fingerprint density at radius 3 is 2.04 bits per heavy atom. The summed E-state index contributed by atoms with van der Waals surface area (Å²) >= 11 is 0. The van der Waals surface area contributed by atoms with Gasteiger partial charge in [0.1, 0.15) is 0 Å². The van der Waals surface area contributed by atoms with Crippen LogP contribution in [0, 0.1) is 0 Å². The third-order valence-electron chi connectivity index (χ3n) is 5.01. The normalized spacial score (nSPS) is 27.2. The van der Waals surface area contributed by atoms with E-state index in [1.807, 2.05) is 30.3 Å². The molecule has 118 valence electrons. The molecule has 2 aromatic carbocycles. The Labute approximate surface area is 136 Å². The zero-order valence-electron chi connectivity index (χ0n) is 13.1. The van der Waals surface area contributed by atoms with Crippen molar-refractivity contribution in [3.8, 4) is 0 Å². The molecule has 3 atom stereocenters. The zero-order chi connectivity index (χ0) is 15.8. The fourth-order valence-electron chi connectivity index (χ4n) is 3.80. The van der Waals surface area contributed by atoms with E-state index in [0.717, 1.165) is 17.6 Å². The number of nitrogens with zero attached hydrogens (tertiary/aromatic N) is 2. The topological polar surface area (TPSA) is 35.9 Å². The molecule has 0 radical (unpaired) electrons. The van der Waals surface area contributed by atoms with Gasteiger partial charge in [-0.2, -0.15) is 5.06 Å². The Morgan fingerprint density at radius 1 is 0.957 bits per heavy atom. The molecule has 4 heteroatoms. The van der Waals surface area contributed by atoms with Crippen molar-refractivity contribution in [2.45, 2.75) is 31.2 Å². The Bertz CT molecular complexity index is 673. The van der Waals surface area contributed by atoms with Crippen molar-refractivity contribution in [1.29, 1.82) is 0 Å². The summed E-state index contributed by atoms with van der Waals surface area (Å²) in [6.07, 6.45) is 3.25. The van der Waals surface area contributed by atoms with E-state index in [-0.39, 0.29) is 6.23 Å². The molecular weight excluding hydrogens is 288 g/mol. The molecule has 4 nitrogen and oxygen atoms in total. The molecule has 3 aliphatic rings. The van der Waals surface area contributed by atoms with Crippen molar-refractivity contribution >= 4 is 6.41 Å². The average molecular weight is 308 g/mol. The quantitative estimate of drug-likeness (QED) is 0.628. The van der Waals surface area contributed by atoms with Crippen LogP contribution in [0.25, 0.3) is 0 Å². The molecule has 5 rings (SSSR count). The maximum atomic E-state index is 10.2. The van der Waals surface area contributed by atoms with Gasteiger partial charge in [0.05, 0.1) is 0 Å². The molecule has 0 saturated carbocycles. The first kappa shape index (κ1) is 14.4. The summed E-state index contributed by atoms with van der Waals surface area (Å²) in [7, 11) is 2.25. The van der Waals surface area contributed by atoms with E-state index in [1.54, 1.807) is 11.1 Å². The lowest BCUT2D eigenvalue weighted by atomic mass is 9.92. The van der Waals surface area contributed by atoms with E-state index in [1.165, 1.54) is 17.9 Å². The number of rotatable bonds is 2. The third-order valence-corrected chi connectivity index (χ3v) is 5.01. The van der Waals surface area contributed by atoms with E-state index >= 15 is 0 Å². The summed E-state index contributed by atoms with van der Waals surface area (Å²) in [6.45, 7) is 0. The Morgan fingerprint density at radius 2 is 1.52 bits per heavy atom. The van der Waals surface area contributed by atoms with E-state index < -0.39 is 0 Å². The number of hydrogen-bond donors (Lipinski definition) is 0. The second kappa shape index (κ2) is 5.80. The van der Waals surface area contributed by atoms with Crippen molar-refractivity contribution in [1.82, 2.24) is 9.96 Å². The van der Waals surface area contributed by atoms with E-state index in [9.17, 15) is 4.79 Å². The molecule has 2 aromatic rings. The minimum atomic E-state index is -0.145. The number of carbonyl (C=O) groups excluding carboxylic acids is 1. The van der Waals surface area contributed by atoms with Crippen molar-refractivity contribution in [3.63, 3.8) is 0 Å². The van der Waals surface area contributed by atoms with Gasteiger partial charge in [0.25, 0.3) is 0 Å². The van der Waals surface area contributed by atoms with Crippen LogP contribution in [-0.2, 0) is 9.63 Å². The summed E-state index contributed by atoms with van der Waals surface area (Å²) in [5.74, 6) is 0. The summed E-state index contributed by atoms with van der Waals surface area (Å²) in [6, 6.07) is 20.0. The smallest absolute Gasteiger partial charge is 0.236 e. The molecule has 23 heavy (non-hydrogen) atoms. The molecule has 0 N–H and O–H groups in total. The van der Waals surface area contributed by atoms with Gasteiger partial charge in [0, 0.05) is 17.6 Å². The Kier molecular flexibility index (Phi) is 3.63. The molecule has 1 amide bonds. The molecule has 3 aliphatic heterocycles. The lowest BCUT2D eigenvalue weighted by Gasteiger charge is -2.13. The molecule has 0 aromatic heterocycles. The number of hydroxylamine groups is 2. The molecule has 0 spiro atoms. The van der Waals surface area contributed by atoms with Gasteiger partial charge >= 0.3 is 0 Å². The average Bonchev–Trinajstić information content (AvgIpc) is 3.27. The zero-order valence-corrected chi connectivity index (χ0v) is 13.1. The number of carbonyl (C=O) groups is 1. The maximum Gasteiger partial charge on any atom is 0.236 e. The van der Waals surface area contributed by atoms with Crippen LogP contribution in [0.1, 0.15) is 47.8 Å². The monoisotopic (exact) mass is 308 g/mol. The van der Waals surface area contributed by atoms with Gasteiger partial charge in [-0.1, -0.05) is 54.6 Å². The molecule has 2 fully saturated rings. The predicted octanol–water partition coefficient (Wildman–Crippen LogP) is 3.60. The van der Waals surface area contributed by atoms with Gasteiger partial charge < -0.3 is 0 Å². The van der Waals surface area contributed by atoms with Crippen LogP contribution in [0.15, 0.2) is 54.6 Å². The van der Waals surface area contributed by atoms with Crippen molar-refractivity contribution in [3.05, 3.63) is 71.3 Å². The van der Waals surface area contributed by atoms with Crippen LogP contribution < -0.4 is 0 Å². The van der Waals surface area contributed by atoms with Crippen LogP contribution in [0.3, 0.4) is 0 Å². The second-order valence-corrected chi connectivity index (χ2v) is 6.24. The highest BCUT2D eigenvalue weighted by atomic mass is 16.8. The number of fused-ring (bicyclic) bond motifs is 5. The highest BCUT2D eigenvalue weighted by Gasteiger charge is 2.40. The van der Waals surface area contributed by atoms with E-state index in [0.29, 0.717) is 6.41 Å². The van der Waals surface area contributed by atoms with Crippen LogP contribution >= 0.6 is 0 Å². The Balaban J connectivity index is 0.000000118. The molecule has 3 unspecified atom stereocenters. The first-order chi connectivity index (χ1) is 11.3. The number of benzene rings is 2. The van der Waals surface area contributed by atoms with E-state index in [2.05, 4.69) is 36.2 Å². The van der Waals surface area contributed by atoms with Crippen LogP contribution in [0.2, 0.25) is 0 Å². The minimum Gasteiger partial charge on any atom is -0.292 e. The highest BCUT2D eigenvalue weighted by Crippen LogP contribution is 2.51. The summed E-state index contributed by atoms with van der Waals surface area (Å²) in [5.41, 5.74) is 4.17. The number of amides is 1. The maximum absolute atomic E-state index is 10.2. The van der Waals surface area contributed by atoms with Crippen molar-refractivity contribution < 1.29 is 9.63 Å². The molecule has 2 saturated heterocycles. The van der Waals surface area contributed by atoms with Gasteiger partial charge in [-0.05, 0) is 31.0 Å². The predicted molar refractivity (Wildman–Crippen MR) is 87.1 cm³/mol. The van der Waals surface area contributed by atoms with Gasteiger partial charge in [0.2, 0.25) is 12.6 Å². The first-order valence-corrected chi connectivity index (χ1v) is 8.05. The SMILES string of the molecule is CN1C2CCC1c1ccccc12.O=CN1OC1c1ccccc1. The van der Waals surface area contributed by atoms with Crippen LogP contribution in [-0.4, -0.2) is 23.4 Å². The van der Waals surface area contributed by atoms with Gasteiger partial charge in [-0.25, -0.2) is 4.84 Å². The largest absolute Gasteiger partial charge is 0.292 e. The van der Waals surface area contributed by atoms with Gasteiger partial charge in [-0.15, -0.1) is 0 Å². The van der Waals surface area contributed by atoms with Crippen molar-refractivity contribution in [2.24, 2.45) is 0 Å². The minimum absolute atomic E-state index is 0.145. The summed E-state index contributed by atoms with van der Waals surface area (Å²) in [5, 5.41) is 1.27. The standard InChI is InChI=1S/C11H13N.C8H7NO2/c1-12-10-6-7-11(12)9-5-3-2-4-8(9)10;10-6-9-8(11-9)7-4-2-1-3-5-7/h2-5,10-11H,6-7H2,1H3;1-6,8H. The fraction of sp³-hybridized carbons (Fsp3) is 0.316. The second-order valence-electron chi connectivity index (χ2n) is 6.24. The van der Waals surface area contributed by atoms with Crippen LogP contribution in [0.4, 0.5) is 0 Å². The highest BCUT2D eigenvalue weighted by molar-refractivity contribution is 5.49. The van der Waals surface area contributed by atoms with Crippen molar-refractivity contribution in [2.75, 3.05) is 7.05 Å². The summed E-state index contributed by atoms with van der Waals surface area (Å²) in [4.78, 5) is 17.6. The molecule has 3 heterocycles. The number of hydrogen-bond acceptors (Lipinski definition) is 3. The third kappa shape index (κ3) is 2.54. The van der Waals surface area contributed by atoms with Gasteiger partial charge in [0.15, 0.2) is 0 Å². The fourth-order valence-corrected chi connectivity index (χ4v) is 3.80. The van der Waals surface area contributed by atoms with Gasteiger partial charge in [-0.3, -0.25) is 9.69 Å². The lowest BCUT2D eigenvalue weighted by Crippen LogP contribution is -2.12.